The van der Waals surface area contributed by atoms with E-state index in [2.05, 4.69) is 5.32 Å². The van der Waals surface area contributed by atoms with Crippen LogP contribution >= 0.6 is 0 Å². The number of rotatable bonds is 7. The van der Waals surface area contributed by atoms with Crippen molar-refractivity contribution in [3.8, 4) is 5.75 Å². The molecule has 2 atom stereocenters. The van der Waals surface area contributed by atoms with Gasteiger partial charge in [0.15, 0.2) is 5.75 Å². The summed E-state index contributed by atoms with van der Waals surface area (Å²) in [5, 5.41) is 23.4. The lowest BCUT2D eigenvalue weighted by atomic mass is 9.54. The predicted octanol–water partition coefficient (Wildman–Crippen LogP) is 1.99. The lowest BCUT2D eigenvalue weighted by molar-refractivity contribution is -0.385. The average molecular weight is 366 g/mol. The summed E-state index contributed by atoms with van der Waals surface area (Å²) in [6.07, 6.45) is -0.193. The molecule has 2 N–H and O–H groups in total. The Hall–Kier alpha value is -2.68. The molecule has 0 spiro atoms. The van der Waals surface area contributed by atoms with Gasteiger partial charge in [-0.25, -0.2) is 4.79 Å². The van der Waals surface area contributed by atoms with Crippen LogP contribution in [0.15, 0.2) is 18.2 Å². The smallest absolute Gasteiger partial charge is 0.330 e. The van der Waals surface area contributed by atoms with Crippen LogP contribution in [0.4, 0.5) is 5.69 Å². The van der Waals surface area contributed by atoms with E-state index in [1.807, 2.05) is 6.92 Å². The number of carboxylic acids is 1. The second-order valence-corrected chi connectivity index (χ2v) is 6.68. The normalized spacial score (nSPS) is 23.6. The van der Waals surface area contributed by atoms with Crippen molar-refractivity contribution in [2.75, 3.05) is 13.7 Å². The molecule has 0 aliphatic heterocycles. The van der Waals surface area contributed by atoms with Crippen molar-refractivity contribution in [2.24, 2.45) is 5.41 Å². The summed E-state index contributed by atoms with van der Waals surface area (Å²) in [6.45, 7) is 5.66. The Kier molecular flexibility index (Phi) is 5.22. The van der Waals surface area contributed by atoms with Crippen LogP contribution in [0.3, 0.4) is 0 Å². The summed E-state index contributed by atoms with van der Waals surface area (Å²) in [7, 11) is 1.28. The number of methoxy groups -OCH3 is 1. The lowest BCUT2D eigenvalue weighted by Crippen LogP contribution is -2.76. The van der Waals surface area contributed by atoms with Crippen molar-refractivity contribution in [3.05, 3.63) is 33.9 Å². The van der Waals surface area contributed by atoms with Crippen LogP contribution in [0.25, 0.3) is 0 Å². The Balaban J connectivity index is 2.32. The summed E-state index contributed by atoms with van der Waals surface area (Å²) in [4.78, 5) is 35.0. The molecular formula is C17H22N2O7. The Labute approximate surface area is 150 Å². The number of carbonyl (C=O) groups excluding carboxylic acids is 1. The molecule has 142 valence electrons. The molecule has 1 aliphatic carbocycles. The van der Waals surface area contributed by atoms with Gasteiger partial charge in [-0.05, 0) is 19.1 Å². The van der Waals surface area contributed by atoms with E-state index >= 15 is 0 Å². The Morgan fingerprint density at radius 2 is 2.08 bits per heavy atom. The van der Waals surface area contributed by atoms with Gasteiger partial charge in [-0.1, -0.05) is 13.8 Å². The topological polar surface area (TPSA) is 128 Å². The van der Waals surface area contributed by atoms with Gasteiger partial charge in [0, 0.05) is 30.1 Å². The fourth-order valence-corrected chi connectivity index (χ4v) is 3.28. The number of nitrogens with zero attached hydrogens (tertiary/aromatic N) is 1. The second kappa shape index (κ2) is 6.91. The number of nitro groups is 1. The molecule has 0 aromatic heterocycles. The van der Waals surface area contributed by atoms with Crippen molar-refractivity contribution >= 4 is 17.6 Å². The largest absolute Gasteiger partial charge is 0.490 e. The highest BCUT2D eigenvalue weighted by atomic mass is 16.6. The van der Waals surface area contributed by atoms with Crippen LogP contribution < -0.4 is 10.1 Å². The zero-order valence-electron chi connectivity index (χ0n) is 15.1. The molecule has 26 heavy (non-hydrogen) atoms. The van der Waals surface area contributed by atoms with E-state index in [1.165, 1.54) is 19.2 Å². The number of hydrogen-bond donors (Lipinski definition) is 2. The summed E-state index contributed by atoms with van der Waals surface area (Å²) < 4.78 is 10.4. The number of nitro benzene ring substituents is 1. The van der Waals surface area contributed by atoms with Gasteiger partial charge in [0.2, 0.25) is 0 Å². The Bertz CT molecular complexity index is 747. The predicted molar refractivity (Wildman–Crippen MR) is 91.3 cm³/mol. The molecule has 1 aromatic carbocycles. The minimum Gasteiger partial charge on any atom is -0.490 e. The highest BCUT2D eigenvalue weighted by Crippen LogP contribution is 2.51. The zero-order chi connectivity index (χ0) is 19.7. The van der Waals surface area contributed by atoms with Crippen LogP contribution in [-0.2, 0) is 9.53 Å². The molecule has 1 fully saturated rings. The lowest BCUT2D eigenvalue weighted by Gasteiger charge is -2.58. The minimum absolute atomic E-state index is 0.0138. The van der Waals surface area contributed by atoms with Crippen LogP contribution in [0, 0.1) is 15.5 Å². The zero-order valence-corrected chi connectivity index (χ0v) is 15.1. The Morgan fingerprint density at radius 1 is 1.42 bits per heavy atom. The molecule has 1 aliphatic rings. The van der Waals surface area contributed by atoms with Crippen molar-refractivity contribution < 1.29 is 29.1 Å². The van der Waals surface area contributed by atoms with E-state index < -0.39 is 27.8 Å². The number of benzene rings is 1. The van der Waals surface area contributed by atoms with Gasteiger partial charge in [0.05, 0.1) is 18.1 Å². The molecule has 1 saturated carbocycles. The quantitative estimate of drug-likeness (QED) is 0.558. The first kappa shape index (κ1) is 19.6. The molecule has 2 rings (SSSR count). The molecule has 0 saturated heterocycles. The van der Waals surface area contributed by atoms with Gasteiger partial charge in [-0.15, -0.1) is 0 Å². The highest BCUT2D eigenvalue weighted by molar-refractivity contribution is 5.99. The van der Waals surface area contributed by atoms with Crippen molar-refractivity contribution in [1.82, 2.24) is 5.32 Å². The van der Waals surface area contributed by atoms with E-state index in [-0.39, 0.29) is 29.5 Å². The Morgan fingerprint density at radius 3 is 2.54 bits per heavy atom. The number of nitrogens with one attached hydrogen (secondary N) is 1. The molecule has 1 aromatic rings. The van der Waals surface area contributed by atoms with Crippen molar-refractivity contribution in [1.29, 1.82) is 0 Å². The molecule has 9 heteroatoms. The van der Waals surface area contributed by atoms with Crippen LogP contribution in [-0.4, -0.2) is 47.3 Å². The first-order chi connectivity index (χ1) is 12.1. The molecule has 1 amide bonds. The third kappa shape index (κ3) is 2.98. The van der Waals surface area contributed by atoms with Crippen LogP contribution in [0.1, 0.15) is 37.6 Å². The van der Waals surface area contributed by atoms with Gasteiger partial charge >= 0.3 is 11.7 Å². The van der Waals surface area contributed by atoms with E-state index in [0.717, 1.165) is 6.07 Å². The first-order valence-electron chi connectivity index (χ1n) is 8.10. The number of amides is 1. The molecular weight excluding hydrogens is 344 g/mol. The van der Waals surface area contributed by atoms with E-state index in [9.17, 15) is 24.8 Å². The van der Waals surface area contributed by atoms with E-state index in [4.69, 9.17) is 9.47 Å². The first-order valence-corrected chi connectivity index (χ1v) is 8.10. The summed E-state index contributed by atoms with van der Waals surface area (Å²) in [5.41, 5.74) is -2.75. The highest BCUT2D eigenvalue weighted by Gasteiger charge is 2.66. The molecule has 2 unspecified atom stereocenters. The maximum Gasteiger partial charge on any atom is 0.330 e. The summed E-state index contributed by atoms with van der Waals surface area (Å²) in [6, 6.07) is 3.72. The number of carboxylic acid groups (broad SMARTS) is 1. The number of ether oxygens (including phenoxy) is 2. The van der Waals surface area contributed by atoms with Gasteiger partial charge in [-0.2, -0.15) is 0 Å². The van der Waals surface area contributed by atoms with Crippen LogP contribution in [0.2, 0.25) is 0 Å². The standard InChI is InChI=1S/C17H22N2O7/c1-5-26-13-9-17(15(21)22,16(13,2)3)18-14(20)10-6-7-12(25-4)11(8-10)19(23)24/h6-8,13H,5,9H2,1-4H3,(H,18,20)(H,21,22). The molecule has 0 bridgehead atoms. The third-order valence-corrected chi connectivity index (χ3v) is 5.09. The maximum absolute atomic E-state index is 12.6. The van der Waals surface area contributed by atoms with Crippen molar-refractivity contribution in [3.63, 3.8) is 0 Å². The molecule has 0 heterocycles. The maximum atomic E-state index is 12.6. The average Bonchev–Trinajstić information content (AvgIpc) is 2.59. The minimum atomic E-state index is -1.52. The van der Waals surface area contributed by atoms with Crippen molar-refractivity contribution in [2.45, 2.75) is 38.8 Å². The van der Waals surface area contributed by atoms with Gasteiger partial charge < -0.3 is 19.9 Å². The van der Waals surface area contributed by atoms with Crippen LogP contribution in [0.5, 0.6) is 5.75 Å². The summed E-state index contributed by atoms with van der Waals surface area (Å²) >= 11 is 0. The van der Waals surface area contributed by atoms with Gasteiger partial charge in [0.1, 0.15) is 5.54 Å². The molecule has 0 radical (unpaired) electrons. The van der Waals surface area contributed by atoms with E-state index in [0.29, 0.717) is 6.61 Å². The van der Waals surface area contributed by atoms with E-state index in [1.54, 1.807) is 13.8 Å². The number of aliphatic carboxylic acids is 1. The fraction of sp³-hybridized carbons (Fsp3) is 0.529. The summed E-state index contributed by atoms with van der Waals surface area (Å²) in [5.74, 6) is -1.86. The number of hydrogen-bond acceptors (Lipinski definition) is 6. The number of carbonyl (C=O) groups is 2. The van der Waals surface area contributed by atoms with Gasteiger partial charge in [-0.3, -0.25) is 14.9 Å². The fourth-order valence-electron chi connectivity index (χ4n) is 3.28. The second-order valence-electron chi connectivity index (χ2n) is 6.68. The SMILES string of the molecule is CCOC1CC(NC(=O)c2ccc(OC)c([N+](=O)[O-])c2)(C(=O)O)C1(C)C. The van der Waals surface area contributed by atoms with Gasteiger partial charge in [0.25, 0.3) is 5.91 Å². The molecule has 9 nitrogen and oxygen atoms in total. The monoisotopic (exact) mass is 366 g/mol. The third-order valence-electron chi connectivity index (χ3n) is 5.09.